The first-order chi connectivity index (χ1) is 25.7. The Bertz CT molecular complexity index is 2520. The summed E-state index contributed by atoms with van der Waals surface area (Å²) in [5.41, 5.74) is 22.6. The molecule has 54 heavy (non-hydrogen) atoms. The van der Waals surface area contributed by atoms with E-state index in [0.29, 0.717) is 47.9 Å². The number of carbonyl (C=O) groups excluding carboxylic acids is 2. The van der Waals surface area contributed by atoms with E-state index >= 15 is 9.59 Å². The van der Waals surface area contributed by atoms with Gasteiger partial charge in [0.2, 0.25) is 0 Å². The minimum Gasteiger partial charge on any atom is -0.289 e. The van der Waals surface area contributed by atoms with Crippen LogP contribution in [0.3, 0.4) is 0 Å². The van der Waals surface area contributed by atoms with Crippen LogP contribution in [-0.4, -0.2) is 11.6 Å². The summed E-state index contributed by atoms with van der Waals surface area (Å²) in [7, 11) is 0. The third-order valence-corrected chi connectivity index (χ3v) is 12.0. The van der Waals surface area contributed by atoms with Gasteiger partial charge in [0, 0.05) is 22.3 Å². The molecule has 0 fully saturated rings. The van der Waals surface area contributed by atoms with E-state index in [9.17, 15) is 0 Å². The van der Waals surface area contributed by atoms with Crippen molar-refractivity contribution in [3.63, 3.8) is 0 Å². The van der Waals surface area contributed by atoms with Gasteiger partial charge in [-0.3, -0.25) is 9.59 Å². The monoisotopic (exact) mass is 708 g/mol. The molecule has 0 saturated heterocycles. The Balaban J connectivity index is 1.50. The lowest BCUT2D eigenvalue weighted by Gasteiger charge is -2.29. The second-order valence-electron chi connectivity index (χ2n) is 16.2. The van der Waals surface area contributed by atoms with Gasteiger partial charge in [0.25, 0.3) is 0 Å². The number of fused-ring (bicyclic) bond motifs is 2. The van der Waals surface area contributed by atoms with Crippen molar-refractivity contribution >= 4 is 11.6 Å². The van der Waals surface area contributed by atoms with Crippen LogP contribution in [0.1, 0.15) is 132 Å². The molecule has 0 N–H and O–H groups in total. The fourth-order valence-corrected chi connectivity index (χ4v) is 8.60. The van der Waals surface area contributed by atoms with Gasteiger partial charge in [0.05, 0.1) is 0 Å². The average molecular weight is 709 g/mol. The SMILES string of the molecule is Cc1ccc(Cc2cc(C)c(Cc3ccc(C)cc3C)c3c2C(=O)c2c(Cc4ccc(C)c(C)c4)cc(C)c(Cc4ccc(C)c(C)c4)c2C3=O)c(C)c1. The Kier molecular flexibility index (Phi) is 9.92. The topological polar surface area (TPSA) is 34.1 Å². The van der Waals surface area contributed by atoms with Crippen molar-refractivity contribution in [3.05, 3.63) is 207 Å². The molecule has 7 rings (SSSR count). The van der Waals surface area contributed by atoms with Gasteiger partial charge in [-0.25, -0.2) is 0 Å². The maximum atomic E-state index is 15.7. The molecule has 0 aromatic heterocycles. The van der Waals surface area contributed by atoms with Crippen molar-refractivity contribution in [1.82, 2.24) is 0 Å². The second-order valence-corrected chi connectivity index (χ2v) is 16.2. The van der Waals surface area contributed by atoms with E-state index in [2.05, 4.69) is 154 Å². The van der Waals surface area contributed by atoms with Crippen LogP contribution in [0.25, 0.3) is 0 Å². The van der Waals surface area contributed by atoms with Gasteiger partial charge in [0.15, 0.2) is 11.6 Å². The molecule has 0 radical (unpaired) electrons. The molecular formula is C52H52O2. The average Bonchev–Trinajstić information content (AvgIpc) is 3.11. The Morgan fingerprint density at radius 3 is 1.22 bits per heavy atom. The van der Waals surface area contributed by atoms with Crippen LogP contribution in [0.4, 0.5) is 0 Å². The predicted molar refractivity (Wildman–Crippen MR) is 224 cm³/mol. The predicted octanol–water partition coefficient (Wildman–Crippen LogP) is 11.9. The van der Waals surface area contributed by atoms with Crippen molar-refractivity contribution in [3.8, 4) is 0 Å². The highest BCUT2D eigenvalue weighted by atomic mass is 16.1. The first-order valence-corrected chi connectivity index (χ1v) is 19.3. The van der Waals surface area contributed by atoms with Crippen molar-refractivity contribution in [2.24, 2.45) is 0 Å². The smallest absolute Gasteiger partial charge is 0.195 e. The third kappa shape index (κ3) is 6.91. The lowest BCUT2D eigenvalue weighted by molar-refractivity contribution is 0.0976. The molecular weight excluding hydrogens is 657 g/mol. The standard InChI is InChI=1S/C52H52O2/c1-29-11-17-41(35(7)19-29)27-44-24-38(10)46(28-42-18-12-30(2)20-36(42)8)50-48(44)51(53)47-43(25-39-15-13-31(3)33(5)21-39)23-37(9)45(49(47)52(50)54)26-40-16-14-32(4)34(6)22-40/h11-24H,25-28H2,1-10H3. The van der Waals surface area contributed by atoms with E-state index < -0.39 is 0 Å². The van der Waals surface area contributed by atoms with Crippen molar-refractivity contribution in [2.75, 3.05) is 0 Å². The van der Waals surface area contributed by atoms with E-state index in [0.717, 1.165) is 44.5 Å². The zero-order valence-corrected chi connectivity index (χ0v) is 33.7. The number of carbonyl (C=O) groups is 2. The van der Waals surface area contributed by atoms with E-state index in [1.807, 2.05) is 0 Å². The molecule has 1 aliphatic carbocycles. The normalized spacial score (nSPS) is 12.3. The van der Waals surface area contributed by atoms with Gasteiger partial charge in [-0.1, -0.05) is 96.1 Å². The summed E-state index contributed by atoms with van der Waals surface area (Å²) in [4.78, 5) is 31.3. The molecule has 1 aliphatic rings. The summed E-state index contributed by atoms with van der Waals surface area (Å²) in [6.45, 7) is 21.3. The molecule has 6 aromatic rings. The van der Waals surface area contributed by atoms with E-state index in [1.54, 1.807) is 0 Å². The van der Waals surface area contributed by atoms with Gasteiger partial charge < -0.3 is 0 Å². The number of aryl methyl sites for hydroxylation is 10. The summed E-state index contributed by atoms with van der Waals surface area (Å²) in [5.74, 6) is -0.0461. The highest BCUT2D eigenvalue weighted by Gasteiger charge is 2.38. The summed E-state index contributed by atoms with van der Waals surface area (Å²) in [6.07, 6.45) is 2.34. The Labute approximate surface area is 322 Å². The zero-order chi connectivity index (χ0) is 38.6. The Morgan fingerprint density at radius 2 is 0.741 bits per heavy atom. The number of hydrogen-bond donors (Lipinski definition) is 0. The lowest BCUT2D eigenvalue weighted by Crippen LogP contribution is -2.29. The van der Waals surface area contributed by atoms with E-state index in [4.69, 9.17) is 0 Å². The van der Waals surface area contributed by atoms with Crippen LogP contribution in [0, 0.1) is 69.2 Å². The Hall–Kier alpha value is -5.34. The summed E-state index contributed by atoms with van der Waals surface area (Å²) < 4.78 is 0. The maximum Gasteiger partial charge on any atom is 0.195 e. The lowest BCUT2D eigenvalue weighted by atomic mass is 9.72. The molecule has 0 bridgehead atoms. The second kappa shape index (κ2) is 14.5. The maximum absolute atomic E-state index is 15.7. The first kappa shape index (κ1) is 37.0. The molecule has 0 atom stereocenters. The molecule has 0 spiro atoms. The van der Waals surface area contributed by atoms with Crippen LogP contribution in [0.5, 0.6) is 0 Å². The molecule has 2 heteroatoms. The largest absolute Gasteiger partial charge is 0.289 e. The van der Waals surface area contributed by atoms with E-state index in [-0.39, 0.29) is 11.6 Å². The zero-order valence-electron chi connectivity index (χ0n) is 33.7. The molecule has 6 aromatic carbocycles. The molecule has 0 saturated carbocycles. The van der Waals surface area contributed by atoms with Crippen LogP contribution >= 0.6 is 0 Å². The van der Waals surface area contributed by atoms with Gasteiger partial charge in [-0.05, 0) is 184 Å². The first-order valence-electron chi connectivity index (χ1n) is 19.3. The highest BCUT2D eigenvalue weighted by Crippen LogP contribution is 2.41. The van der Waals surface area contributed by atoms with Crippen molar-refractivity contribution in [2.45, 2.75) is 94.9 Å². The van der Waals surface area contributed by atoms with Gasteiger partial charge in [0.1, 0.15) is 0 Å². The minimum atomic E-state index is -0.0265. The van der Waals surface area contributed by atoms with Crippen LogP contribution in [0.2, 0.25) is 0 Å². The fourth-order valence-electron chi connectivity index (χ4n) is 8.60. The Morgan fingerprint density at radius 1 is 0.315 bits per heavy atom. The quantitative estimate of drug-likeness (QED) is 0.157. The van der Waals surface area contributed by atoms with Gasteiger partial charge >= 0.3 is 0 Å². The minimum absolute atomic E-state index is 0.0196. The van der Waals surface area contributed by atoms with Gasteiger partial charge in [-0.2, -0.15) is 0 Å². The third-order valence-electron chi connectivity index (χ3n) is 12.0. The van der Waals surface area contributed by atoms with E-state index in [1.165, 1.54) is 55.6 Å². The summed E-state index contributed by atoms with van der Waals surface area (Å²) in [6, 6.07) is 30.5. The van der Waals surface area contributed by atoms with Crippen LogP contribution < -0.4 is 0 Å². The van der Waals surface area contributed by atoms with Crippen molar-refractivity contribution < 1.29 is 9.59 Å². The van der Waals surface area contributed by atoms with Crippen LogP contribution in [0.15, 0.2) is 84.9 Å². The highest BCUT2D eigenvalue weighted by molar-refractivity contribution is 6.30. The van der Waals surface area contributed by atoms with Crippen LogP contribution in [-0.2, 0) is 25.7 Å². The van der Waals surface area contributed by atoms with Crippen molar-refractivity contribution in [1.29, 1.82) is 0 Å². The van der Waals surface area contributed by atoms with Gasteiger partial charge in [-0.15, -0.1) is 0 Å². The number of rotatable bonds is 8. The molecule has 0 amide bonds. The molecule has 0 heterocycles. The molecule has 272 valence electrons. The number of benzene rings is 6. The molecule has 0 unspecified atom stereocenters. The number of ketones is 2. The molecule has 0 aliphatic heterocycles. The summed E-state index contributed by atoms with van der Waals surface area (Å²) >= 11 is 0. The number of hydrogen-bond acceptors (Lipinski definition) is 2. The molecule has 2 nitrogen and oxygen atoms in total. The fraction of sp³-hybridized carbons (Fsp3) is 0.269. The summed E-state index contributed by atoms with van der Waals surface area (Å²) in [5, 5.41) is 0.